The van der Waals surface area contributed by atoms with Crippen LogP contribution in [0.2, 0.25) is 0 Å². The van der Waals surface area contributed by atoms with Crippen molar-refractivity contribution in [3.05, 3.63) is 58.7 Å². The normalized spacial score (nSPS) is 19.4. The molecule has 0 saturated heterocycles. The summed E-state index contributed by atoms with van der Waals surface area (Å²) in [6, 6.07) is 6.17. The first-order valence-corrected chi connectivity index (χ1v) is 7.22. The molecule has 3 heteroatoms. The zero-order valence-corrected chi connectivity index (χ0v) is 12.0. The summed E-state index contributed by atoms with van der Waals surface area (Å²) in [5.74, 6) is 0.0638. The molecule has 0 radical (unpaired) electrons. The minimum atomic E-state index is -0.565. The first kappa shape index (κ1) is 13.3. The summed E-state index contributed by atoms with van der Waals surface area (Å²) >= 11 is 0. The van der Waals surface area contributed by atoms with Gasteiger partial charge in [0.05, 0.1) is 5.69 Å². The maximum absolute atomic E-state index is 10.8. The van der Waals surface area contributed by atoms with Crippen molar-refractivity contribution in [1.82, 2.24) is 9.97 Å². The number of pyridine rings is 2. The molecule has 0 aromatic carbocycles. The fraction of sp³-hybridized carbons (Fsp3) is 0.412. The highest BCUT2D eigenvalue weighted by Crippen LogP contribution is 2.39. The van der Waals surface area contributed by atoms with Crippen molar-refractivity contribution in [2.45, 2.75) is 45.1 Å². The molecule has 1 N–H and O–H groups in total. The van der Waals surface area contributed by atoms with Gasteiger partial charge in [-0.2, -0.15) is 0 Å². The van der Waals surface area contributed by atoms with E-state index in [2.05, 4.69) is 22.1 Å². The fourth-order valence-electron chi connectivity index (χ4n) is 3.18. The van der Waals surface area contributed by atoms with E-state index in [0.717, 1.165) is 41.8 Å². The maximum Gasteiger partial charge on any atom is 0.105 e. The van der Waals surface area contributed by atoms with Gasteiger partial charge in [-0.25, -0.2) is 0 Å². The van der Waals surface area contributed by atoms with Gasteiger partial charge in [0, 0.05) is 24.0 Å². The van der Waals surface area contributed by atoms with Crippen molar-refractivity contribution in [2.75, 3.05) is 0 Å². The molecule has 3 nitrogen and oxygen atoms in total. The number of hydrogen-bond donors (Lipinski definition) is 1. The van der Waals surface area contributed by atoms with Crippen LogP contribution >= 0.6 is 0 Å². The molecule has 0 saturated carbocycles. The molecule has 0 amide bonds. The molecule has 2 aromatic heterocycles. The number of aliphatic hydroxyl groups is 1. The van der Waals surface area contributed by atoms with E-state index in [1.165, 1.54) is 5.56 Å². The second kappa shape index (κ2) is 5.33. The van der Waals surface area contributed by atoms with Gasteiger partial charge < -0.3 is 5.11 Å². The van der Waals surface area contributed by atoms with Crippen LogP contribution in [0.1, 0.15) is 52.9 Å². The Labute approximate surface area is 119 Å². The Hall–Kier alpha value is -1.74. The predicted octanol–water partition coefficient (Wildman–Crippen LogP) is 3.25. The highest BCUT2D eigenvalue weighted by Gasteiger charge is 2.30. The largest absolute Gasteiger partial charge is 0.386 e. The summed E-state index contributed by atoms with van der Waals surface area (Å²) in [5.41, 5.74) is 5.29. The lowest BCUT2D eigenvalue weighted by atomic mass is 9.81. The van der Waals surface area contributed by atoms with E-state index in [9.17, 15) is 5.11 Å². The molecule has 1 aliphatic rings. The summed E-state index contributed by atoms with van der Waals surface area (Å²) in [6.07, 6.45) is 6.22. The summed E-state index contributed by atoms with van der Waals surface area (Å²) in [4.78, 5) is 8.95. The monoisotopic (exact) mass is 268 g/mol. The molecular formula is C17H20N2O. The van der Waals surface area contributed by atoms with Gasteiger partial charge in [0.1, 0.15) is 6.10 Å². The number of aromatic nitrogens is 2. The van der Waals surface area contributed by atoms with Gasteiger partial charge in [0.2, 0.25) is 0 Å². The lowest BCUT2D eigenvalue weighted by molar-refractivity contribution is 0.129. The van der Waals surface area contributed by atoms with Gasteiger partial charge in [-0.15, -0.1) is 0 Å². The van der Waals surface area contributed by atoms with Crippen LogP contribution in [0.25, 0.3) is 0 Å². The van der Waals surface area contributed by atoms with Crippen LogP contribution in [0.5, 0.6) is 0 Å². The zero-order chi connectivity index (χ0) is 14.1. The van der Waals surface area contributed by atoms with E-state index in [-0.39, 0.29) is 5.92 Å². The van der Waals surface area contributed by atoms with E-state index in [1.807, 2.05) is 32.3 Å². The Bertz CT molecular complexity index is 624. The van der Waals surface area contributed by atoms with E-state index in [1.54, 1.807) is 0 Å². The van der Waals surface area contributed by atoms with Crippen molar-refractivity contribution in [1.29, 1.82) is 0 Å². The summed E-state index contributed by atoms with van der Waals surface area (Å²) in [7, 11) is 0. The van der Waals surface area contributed by atoms with E-state index >= 15 is 0 Å². The van der Waals surface area contributed by atoms with Crippen LogP contribution in [0.15, 0.2) is 30.6 Å². The molecule has 3 rings (SSSR count). The number of aryl methyl sites for hydroxylation is 3. The van der Waals surface area contributed by atoms with E-state index < -0.39 is 6.10 Å². The predicted molar refractivity (Wildman–Crippen MR) is 78.6 cm³/mol. The van der Waals surface area contributed by atoms with Crippen LogP contribution in [-0.2, 0) is 6.42 Å². The molecule has 104 valence electrons. The molecule has 2 unspecified atom stereocenters. The molecule has 0 fully saturated rings. The first-order valence-electron chi connectivity index (χ1n) is 7.22. The Kier molecular flexibility index (Phi) is 3.53. The van der Waals surface area contributed by atoms with Crippen molar-refractivity contribution in [3.63, 3.8) is 0 Å². The van der Waals surface area contributed by atoms with E-state index in [4.69, 9.17) is 0 Å². The van der Waals surface area contributed by atoms with Crippen molar-refractivity contribution < 1.29 is 5.11 Å². The van der Waals surface area contributed by atoms with Crippen LogP contribution in [-0.4, -0.2) is 15.1 Å². The fourth-order valence-corrected chi connectivity index (χ4v) is 3.18. The number of nitrogens with zero attached hydrogens (tertiary/aromatic N) is 2. The molecule has 2 heterocycles. The molecule has 2 aromatic rings. The number of aliphatic hydroxyl groups excluding tert-OH is 1. The lowest BCUT2D eigenvalue weighted by Crippen LogP contribution is -2.20. The average Bonchev–Trinajstić information content (AvgIpc) is 2.46. The second-order valence-corrected chi connectivity index (χ2v) is 5.71. The van der Waals surface area contributed by atoms with Crippen LogP contribution in [0.4, 0.5) is 0 Å². The Morgan fingerprint density at radius 3 is 2.95 bits per heavy atom. The smallest absolute Gasteiger partial charge is 0.105 e. The van der Waals surface area contributed by atoms with Gasteiger partial charge in [-0.1, -0.05) is 12.1 Å². The summed E-state index contributed by atoms with van der Waals surface area (Å²) < 4.78 is 0. The number of fused-ring (bicyclic) bond motifs is 1. The van der Waals surface area contributed by atoms with Crippen LogP contribution in [0.3, 0.4) is 0 Å². The van der Waals surface area contributed by atoms with Crippen molar-refractivity contribution >= 4 is 0 Å². The standard InChI is InChI=1S/C17H20N2O/c1-11-9-12(2)15(19-10-11)17(20)14-7-3-5-13-6-4-8-18-16(13)14/h4,6,8-10,14,17,20H,3,5,7H2,1-2H3. The topological polar surface area (TPSA) is 46.0 Å². The van der Waals surface area contributed by atoms with Gasteiger partial charge in [0.15, 0.2) is 0 Å². The molecule has 0 aliphatic heterocycles. The molecule has 1 aliphatic carbocycles. The SMILES string of the molecule is Cc1cnc(C(O)C2CCCc3cccnc32)c(C)c1. The molecule has 0 bridgehead atoms. The molecular weight excluding hydrogens is 248 g/mol. The highest BCUT2D eigenvalue weighted by atomic mass is 16.3. The van der Waals surface area contributed by atoms with Gasteiger partial charge in [-0.05, 0) is 55.9 Å². The van der Waals surface area contributed by atoms with Gasteiger partial charge in [0.25, 0.3) is 0 Å². The third-order valence-corrected chi connectivity index (χ3v) is 4.16. The lowest BCUT2D eigenvalue weighted by Gasteiger charge is -2.28. The molecule has 20 heavy (non-hydrogen) atoms. The third kappa shape index (κ3) is 2.34. The van der Waals surface area contributed by atoms with Gasteiger partial charge in [-0.3, -0.25) is 9.97 Å². The Morgan fingerprint density at radius 2 is 2.15 bits per heavy atom. The third-order valence-electron chi connectivity index (χ3n) is 4.16. The summed E-state index contributed by atoms with van der Waals surface area (Å²) in [5, 5.41) is 10.8. The quantitative estimate of drug-likeness (QED) is 0.909. The molecule has 2 atom stereocenters. The highest BCUT2D eigenvalue weighted by molar-refractivity contribution is 5.31. The Morgan fingerprint density at radius 1 is 1.30 bits per heavy atom. The number of rotatable bonds is 2. The van der Waals surface area contributed by atoms with Crippen molar-refractivity contribution in [2.24, 2.45) is 0 Å². The minimum Gasteiger partial charge on any atom is -0.386 e. The zero-order valence-electron chi connectivity index (χ0n) is 12.0. The minimum absolute atomic E-state index is 0.0638. The molecule has 0 spiro atoms. The Balaban J connectivity index is 1.97. The van der Waals surface area contributed by atoms with E-state index in [0.29, 0.717) is 0 Å². The first-order chi connectivity index (χ1) is 9.66. The average molecular weight is 268 g/mol. The second-order valence-electron chi connectivity index (χ2n) is 5.71. The van der Waals surface area contributed by atoms with Crippen LogP contribution in [0, 0.1) is 13.8 Å². The number of hydrogen-bond acceptors (Lipinski definition) is 3. The van der Waals surface area contributed by atoms with Crippen molar-refractivity contribution in [3.8, 4) is 0 Å². The maximum atomic E-state index is 10.8. The van der Waals surface area contributed by atoms with Crippen LogP contribution < -0.4 is 0 Å². The summed E-state index contributed by atoms with van der Waals surface area (Å²) in [6.45, 7) is 4.04. The van der Waals surface area contributed by atoms with Gasteiger partial charge >= 0.3 is 0 Å².